The highest BCUT2D eigenvalue weighted by Crippen LogP contribution is 2.25. The highest BCUT2D eigenvalue weighted by Gasteiger charge is 2.17. The molecule has 120 valence electrons. The fraction of sp³-hybridized carbons (Fsp3) is 0.647. The van der Waals surface area contributed by atoms with Crippen molar-refractivity contribution < 1.29 is 0 Å². The Balaban J connectivity index is 1.58. The van der Waals surface area contributed by atoms with Crippen LogP contribution in [0.3, 0.4) is 0 Å². The second kappa shape index (κ2) is 6.99. The summed E-state index contributed by atoms with van der Waals surface area (Å²) in [6, 6.07) is 4.25. The fourth-order valence-electron chi connectivity index (χ4n) is 3.10. The predicted octanol–water partition coefficient (Wildman–Crippen LogP) is 2.19. The molecule has 1 aliphatic heterocycles. The summed E-state index contributed by atoms with van der Waals surface area (Å²) in [6.45, 7) is 5.86. The van der Waals surface area contributed by atoms with Gasteiger partial charge >= 0.3 is 0 Å². The van der Waals surface area contributed by atoms with Gasteiger partial charge in [-0.15, -0.1) is 0 Å². The van der Waals surface area contributed by atoms with Crippen molar-refractivity contribution in [3.63, 3.8) is 0 Å². The molecule has 2 fully saturated rings. The molecule has 2 aliphatic rings. The largest absolute Gasteiger partial charge is 0.370 e. The summed E-state index contributed by atoms with van der Waals surface area (Å²) in [5.41, 5.74) is 8.19. The lowest BCUT2D eigenvalue weighted by Crippen LogP contribution is -2.37. The van der Waals surface area contributed by atoms with Gasteiger partial charge in [-0.25, -0.2) is 9.98 Å². The minimum atomic E-state index is 0.559. The van der Waals surface area contributed by atoms with E-state index in [-0.39, 0.29) is 0 Å². The molecule has 0 radical (unpaired) electrons. The zero-order chi connectivity index (χ0) is 15.4. The number of nitrogens with one attached hydrogen (secondary N) is 1. The van der Waals surface area contributed by atoms with Gasteiger partial charge in [-0.1, -0.05) is 6.42 Å². The number of anilines is 1. The Morgan fingerprint density at radius 1 is 1.32 bits per heavy atom. The number of guanidine groups is 1. The van der Waals surface area contributed by atoms with Crippen molar-refractivity contribution >= 4 is 11.8 Å². The Morgan fingerprint density at radius 3 is 2.77 bits per heavy atom. The Morgan fingerprint density at radius 2 is 2.09 bits per heavy atom. The van der Waals surface area contributed by atoms with E-state index in [1.54, 1.807) is 0 Å². The van der Waals surface area contributed by atoms with E-state index in [1.807, 2.05) is 6.92 Å². The van der Waals surface area contributed by atoms with E-state index in [9.17, 15) is 0 Å². The normalized spacial score (nSPS) is 19.3. The third-order valence-corrected chi connectivity index (χ3v) is 4.66. The van der Waals surface area contributed by atoms with Crippen LogP contribution in [0.4, 0.5) is 5.82 Å². The van der Waals surface area contributed by atoms with Crippen LogP contribution in [0.1, 0.15) is 43.4 Å². The van der Waals surface area contributed by atoms with Crippen molar-refractivity contribution in [1.29, 1.82) is 0 Å². The maximum Gasteiger partial charge on any atom is 0.188 e. The lowest BCUT2D eigenvalue weighted by molar-refractivity contribution is 0.315. The third kappa shape index (κ3) is 3.90. The van der Waals surface area contributed by atoms with Gasteiger partial charge in [0.15, 0.2) is 5.96 Å². The summed E-state index contributed by atoms with van der Waals surface area (Å²) in [5.74, 6) is 2.44. The molecule has 22 heavy (non-hydrogen) atoms. The molecular formula is C17H27N5. The molecule has 3 rings (SSSR count). The molecule has 1 aromatic rings. The van der Waals surface area contributed by atoms with Gasteiger partial charge in [-0.05, 0) is 56.2 Å². The van der Waals surface area contributed by atoms with E-state index in [0.29, 0.717) is 12.5 Å². The van der Waals surface area contributed by atoms with Crippen molar-refractivity contribution in [2.24, 2.45) is 16.6 Å². The molecule has 0 bridgehead atoms. The summed E-state index contributed by atoms with van der Waals surface area (Å²) in [4.78, 5) is 11.5. The molecule has 1 aromatic heterocycles. The van der Waals surface area contributed by atoms with Gasteiger partial charge < -0.3 is 16.0 Å². The first-order valence-electron chi connectivity index (χ1n) is 8.47. The molecule has 2 heterocycles. The first-order chi connectivity index (χ1) is 10.7. The van der Waals surface area contributed by atoms with Crippen LogP contribution < -0.4 is 16.0 Å². The van der Waals surface area contributed by atoms with Gasteiger partial charge in [0, 0.05) is 25.3 Å². The smallest absolute Gasteiger partial charge is 0.188 e. The molecule has 5 heteroatoms. The molecule has 0 spiro atoms. The molecule has 1 saturated carbocycles. The number of nitrogens with two attached hydrogens (primary N) is 1. The van der Waals surface area contributed by atoms with Gasteiger partial charge in [0.05, 0.1) is 6.54 Å². The van der Waals surface area contributed by atoms with Crippen molar-refractivity contribution in [3.8, 4) is 0 Å². The van der Waals surface area contributed by atoms with Crippen LogP contribution >= 0.6 is 0 Å². The van der Waals surface area contributed by atoms with E-state index in [4.69, 9.17) is 5.73 Å². The Labute approximate surface area is 133 Å². The topological polar surface area (TPSA) is 66.5 Å². The van der Waals surface area contributed by atoms with Crippen molar-refractivity contribution in [1.82, 2.24) is 10.3 Å². The number of pyridine rings is 1. The van der Waals surface area contributed by atoms with E-state index < -0.39 is 0 Å². The van der Waals surface area contributed by atoms with E-state index in [2.05, 4.69) is 32.3 Å². The Hall–Kier alpha value is -1.78. The van der Waals surface area contributed by atoms with Crippen LogP contribution in [-0.4, -0.2) is 30.6 Å². The highest BCUT2D eigenvalue weighted by molar-refractivity contribution is 5.77. The number of nitrogens with zero attached hydrogens (tertiary/aromatic N) is 3. The SMILES string of the molecule is Cc1cc(CN=C(N)NCC2CCC2)cc(N2CCCC2)n1. The quantitative estimate of drug-likeness (QED) is 0.646. The molecule has 0 atom stereocenters. The monoisotopic (exact) mass is 301 g/mol. The maximum absolute atomic E-state index is 5.96. The molecule has 0 amide bonds. The lowest BCUT2D eigenvalue weighted by Gasteiger charge is -2.25. The van der Waals surface area contributed by atoms with Crippen LogP contribution in [0, 0.1) is 12.8 Å². The molecule has 1 aliphatic carbocycles. The zero-order valence-corrected chi connectivity index (χ0v) is 13.5. The van der Waals surface area contributed by atoms with Gasteiger partial charge in [-0.3, -0.25) is 0 Å². The van der Waals surface area contributed by atoms with Gasteiger partial charge in [0.25, 0.3) is 0 Å². The minimum absolute atomic E-state index is 0.559. The van der Waals surface area contributed by atoms with Crippen molar-refractivity contribution in [3.05, 3.63) is 23.4 Å². The maximum atomic E-state index is 5.96. The lowest BCUT2D eigenvalue weighted by atomic mass is 9.85. The molecule has 5 nitrogen and oxygen atoms in total. The fourth-order valence-corrected chi connectivity index (χ4v) is 3.10. The molecule has 3 N–H and O–H groups in total. The van der Waals surface area contributed by atoms with E-state index in [0.717, 1.165) is 37.1 Å². The number of hydrogen-bond donors (Lipinski definition) is 2. The van der Waals surface area contributed by atoms with Crippen LogP contribution in [0.15, 0.2) is 17.1 Å². The molecule has 0 unspecified atom stereocenters. The number of aliphatic imine (C=N–C) groups is 1. The van der Waals surface area contributed by atoms with Gasteiger partial charge in [0.2, 0.25) is 0 Å². The van der Waals surface area contributed by atoms with Gasteiger partial charge in [0.1, 0.15) is 5.82 Å². The Bertz CT molecular complexity index is 530. The first kappa shape index (κ1) is 15.1. The average molecular weight is 301 g/mol. The molecular weight excluding hydrogens is 274 g/mol. The summed E-state index contributed by atoms with van der Waals surface area (Å²) in [6.07, 6.45) is 6.54. The summed E-state index contributed by atoms with van der Waals surface area (Å²) < 4.78 is 0. The second-order valence-corrected chi connectivity index (χ2v) is 6.55. The average Bonchev–Trinajstić information content (AvgIpc) is 2.97. The molecule has 0 aromatic carbocycles. The predicted molar refractivity (Wildman–Crippen MR) is 91.1 cm³/mol. The highest BCUT2D eigenvalue weighted by atomic mass is 15.2. The van der Waals surface area contributed by atoms with Gasteiger partial charge in [-0.2, -0.15) is 0 Å². The number of rotatable bonds is 5. The van der Waals surface area contributed by atoms with E-state index >= 15 is 0 Å². The van der Waals surface area contributed by atoms with Crippen molar-refractivity contribution in [2.45, 2.75) is 45.6 Å². The summed E-state index contributed by atoms with van der Waals surface area (Å²) >= 11 is 0. The standard InChI is InChI=1S/C17H27N5/c1-13-9-15(10-16(21-13)22-7-2-3-8-22)12-20-17(18)19-11-14-5-4-6-14/h9-10,14H,2-8,11-12H2,1H3,(H3,18,19,20). The first-order valence-corrected chi connectivity index (χ1v) is 8.47. The third-order valence-electron chi connectivity index (χ3n) is 4.66. The second-order valence-electron chi connectivity index (χ2n) is 6.55. The summed E-state index contributed by atoms with van der Waals surface area (Å²) in [5, 5.41) is 3.24. The number of aromatic nitrogens is 1. The van der Waals surface area contributed by atoms with Crippen LogP contribution in [0.25, 0.3) is 0 Å². The van der Waals surface area contributed by atoms with Crippen molar-refractivity contribution in [2.75, 3.05) is 24.5 Å². The minimum Gasteiger partial charge on any atom is -0.370 e. The van der Waals surface area contributed by atoms with E-state index in [1.165, 1.54) is 37.7 Å². The number of aryl methyl sites for hydroxylation is 1. The number of hydrogen-bond acceptors (Lipinski definition) is 3. The zero-order valence-electron chi connectivity index (χ0n) is 13.5. The van der Waals surface area contributed by atoms with Crippen LogP contribution in [0.2, 0.25) is 0 Å². The van der Waals surface area contributed by atoms with Crippen LogP contribution in [0.5, 0.6) is 0 Å². The summed E-state index contributed by atoms with van der Waals surface area (Å²) in [7, 11) is 0. The molecule has 1 saturated heterocycles. The van der Waals surface area contributed by atoms with Crippen LogP contribution in [-0.2, 0) is 6.54 Å². The Kier molecular flexibility index (Phi) is 4.80.